The summed E-state index contributed by atoms with van der Waals surface area (Å²) in [5.74, 6) is 1.55. The molecule has 1 aliphatic heterocycles. The van der Waals surface area contributed by atoms with Crippen LogP contribution in [0.5, 0.6) is 0 Å². The maximum absolute atomic E-state index is 10.0. The quantitative estimate of drug-likeness (QED) is 0.361. The molecule has 8 heteroatoms. The Morgan fingerprint density at radius 2 is 1.95 bits per heavy atom. The number of hydrogen-bond acceptors (Lipinski definition) is 6. The summed E-state index contributed by atoms with van der Waals surface area (Å²) < 4.78 is 32.1. The Hall–Kier alpha value is -0.800. The van der Waals surface area contributed by atoms with Crippen molar-refractivity contribution in [3.8, 4) is 0 Å². The van der Waals surface area contributed by atoms with Gasteiger partial charge in [0.15, 0.2) is 0 Å². The van der Waals surface area contributed by atoms with Crippen molar-refractivity contribution in [3.05, 3.63) is 13.2 Å². The molecule has 1 unspecified atom stereocenters. The predicted octanol–water partition coefficient (Wildman–Crippen LogP) is 1.96. The first-order valence-corrected chi connectivity index (χ1v) is 8.22. The molecule has 1 rings (SSSR count). The maximum Gasteiger partial charge on any atom is 0.231 e. The predicted molar refractivity (Wildman–Crippen MR) is 81.8 cm³/mol. The lowest BCUT2D eigenvalue weighted by atomic mass is 10.1. The van der Waals surface area contributed by atoms with Crippen LogP contribution in [0.3, 0.4) is 0 Å². The zero-order valence-electron chi connectivity index (χ0n) is 13.4. The number of hydroxylamine groups is 3. The fourth-order valence-corrected chi connectivity index (χ4v) is 1.98. The Balaban J connectivity index is 0. The standard InChI is InChI=1S/C9H19N2O.C2H6O4S.C2H4/c1-4-11(12)6-5-10-9(11)7-8(2)3;1-2-6-7(3,4)5;1-2/h8,12H,4-7H2,1-3H3;2H2,1H3,(H,3,4,5);1-2H2/q+1;;/p-1. The average Bonchev–Trinajstić information content (AvgIpc) is 2.73. The van der Waals surface area contributed by atoms with Crippen molar-refractivity contribution in [2.24, 2.45) is 10.9 Å². The number of aliphatic imine (C=N–C) groups is 1. The molecule has 0 aliphatic carbocycles. The van der Waals surface area contributed by atoms with E-state index in [0.717, 1.165) is 31.9 Å². The molecule has 0 saturated heterocycles. The highest BCUT2D eigenvalue weighted by molar-refractivity contribution is 7.80. The molecule has 0 amide bonds. The average molecular weight is 324 g/mol. The first-order valence-electron chi connectivity index (χ1n) is 6.88. The molecule has 0 fully saturated rings. The van der Waals surface area contributed by atoms with Crippen LogP contribution in [0.15, 0.2) is 18.2 Å². The lowest BCUT2D eigenvalue weighted by molar-refractivity contribution is -1.03. The van der Waals surface area contributed by atoms with E-state index in [2.05, 4.69) is 36.2 Å². The van der Waals surface area contributed by atoms with Crippen LogP contribution in [0.1, 0.15) is 34.1 Å². The molecule has 1 atom stereocenters. The van der Waals surface area contributed by atoms with E-state index in [9.17, 15) is 18.2 Å². The van der Waals surface area contributed by atoms with Gasteiger partial charge in [-0.1, -0.05) is 13.8 Å². The molecule has 1 heterocycles. The van der Waals surface area contributed by atoms with Crippen LogP contribution in [0, 0.1) is 5.92 Å². The first-order chi connectivity index (χ1) is 9.64. The molecule has 126 valence electrons. The molecule has 0 aromatic carbocycles. The molecule has 0 saturated carbocycles. The summed E-state index contributed by atoms with van der Waals surface area (Å²) in [7, 11) is -4.42. The van der Waals surface area contributed by atoms with Gasteiger partial charge in [-0.2, -0.15) is 0 Å². The van der Waals surface area contributed by atoms with Crippen LogP contribution < -0.4 is 0 Å². The van der Waals surface area contributed by atoms with Gasteiger partial charge in [0, 0.05) is 6.42 Å². The van der Waals surface area contributed by atoms with Crippen molar-refractivity contribution in [2.45, 2.75) is 34.1 Å². The van der Waals surface area contributed by atoms with E-state index in [1.54, 1.807) is 0 Å². The SMILES string of the molecule is C=C.CCOS(=O)(=O)[O-].CC[N+]1(O)CCN=C1CC(C)C. The second-order valence-electron chi connectivity index (χ2n) is 4.67. The molecular weight excluding hydrogens is 296 g/mol. The molecule has 0 radical (unpaired) electrons. The minimum Gasteiger partial charge on any atom is -0.726 e. The molecule has 1 N–H and O–H groups in total. The number of amidine groups is 1. The lowest BCUT2D eigenvalue weighted by Crippen LogP contribution is -2.47. The minimum absolute atomic E-state index is 0.0815. The van der Waals surface area contributed by atoms with Crippen LogP contribution >= 0.6 is 0 Å². The van der Waals surface area contributed by atoms with Gasteiger partial charge < -0.3 is 4.55 Å². The molecule has 7 nitrogen and oxygen atoms in total. The van der Waals surface area contributed by atoms with Crippen LogP contribution in [0.25, 0.3) is 0 Å². The lowest BCUT2D eigenvalue weighted by Gasteiger charge is -2.24. The van der Waals surface area contributed by atoms with E-state index < -0.39 is 10.4 Å². The monoisotopic (exact) mass is 324 g/mol. The van der Waals surface area contributed by atoms with Crippen LogP contribution in [-0.4, -0.2) is 54.9 Å². The van der Waals surface area contributed by atoms with Crippen molar-refractivity contribution < 1.29 is 27.0 Å². The first kappa shape index (κ1) is 22.5. The van der Waals surface area contributed by atoms with E-state index in [-0.39, 0.29) is 11.3 Å². The van der Waals surface area contributed by atoms with E-state index in [1.807, 2.05) is 6.92 Å². The molecule has 21 heavy (non-hydrogen) atoms. The second kappa shape index (κ2) is 10.9. The summed E-state index contributed by atoms with van der Waals surface area (Å²) >= 11 is 0. The topological polar surface area (TPSA) is 99.0 Å². The Morgan fingerprint density at radius 1 is 1.43 bits per heavy atom. The Morgan fingerprint density at radius 3 is 2.24 bits per heavy atom. The summed E-state index contributed by atoms with van der Waals surface area (Å²) in [6.45, 7) is 15.9. The number of rotatable bonds is 5. The molecule has 0 aromatic heterocycles. The summed E-state index contributed by atoms with van der Waals surface area (Å²) in [6, 6.07) is 0. The highest BCUT2D eigenvalue weighted by Crippen LogP contribution is 2.16. The molecule has 0 spiro atoms. The van der Waals surface area contributed by atoms with E-state index in [4.69, 9.17) is 0 Å². The number of quaternary nitrogens is 1. The van der Waals surface area contributed by atoms with Crippen molar-refractivity contribution >= 4 is 16.2 Å². The van der Waals surface area contributed by atoms with Crippen LogP contribution in [0.2, 0.25) is 0 Å². The molecule has 0 bridgehead atoms. The fraction of sp³-hybridized carbons (Fsp3) is 0.769. The third kappa shape index (κ3) is 10.6. The van der Waals surface area contributed by atoms with Crippen molar-refractivity contribution in [3.63, 3.8) is 0 Å². The van der Waals surface area contributed by atoms with Gasteiger partial charge in [-0.05, 0) is 19.8 Å². The zero-order chi connectivity index (χ0) is 17.1. The molecule has 0 aromatic rings. The van der Waals surface area contributed by atoms with Gasteiger partial charge in [-0.25, -0.2) is 18.6 Å². The molecular formula is C13H28N2O5S. The van der Waals surface area contributed by atoms with E-state index in [1.165, 1.54) is 6.92 Å². The Kier molecular flexibility index (Phi) is 11.6. The largest absolute Gasteiger partial charge is 0.726 e. The zero-order valence-corrected chi connectivity index (χ0v) is 14.2. The van der Waals surface area contributed by atoms with Crippen LogP contribution in [-0.2, 0) is 14.6 Å². The van der Waals surface area contributed by atoms with Crippen molar-refractivity contribution in [1.82, 2.24) is 0 Å². The van der Waals surface area contributed by atoms with Gasteiger partial charge in [0.05, 0.1) is 13.2 Å². The summed E-state index contributed by atoms with van der Waals surface area (Å²) in [5.41, 5.74) is 0. The Labute approximate surface area is 128 Å². The number of nitrogens with zero attached hydrogens (tertiary/aromatic N) is 2. The van der Waals surface area contributed by atoms with E-state index in [0.29, 0.717) is 5.92 Å². The second-order valence-corrected chi connectivity index (χ2v) is 5.73. The highest BCUT2D eigenvalue weighted by atomic mass is 32.3. The van der Waals surface area contributed by atoms with Crippen molar-refractivity contribution in [2.75, 3.05) is 26.2 Å². The third-order valence-electron chi connectivity index (χ3n) is 2.62. The summed E-state index contributed by atoms with van der Waals surface area (Å²) in [5, 5.41) is 10.0. The van der Waals surface area contributed by atoms with Gasteiger partial charge in [0.2, 0.25) is 16.2 Å². The van der Waals surface area contributed by atoms with Crippen molar-refractivity contribution in [1.29, 1.82) is 0 Å². The Bertz CT molecular complexity index is 409. The smallest absolute Gasteiger partial charge is 0.231 e. The molecule has 1 aliphatic rings. The van der Waals surface area contributed by atoms with E-state index >= 15 is 0 Å². The maximum atomic E-state index is 10.0. The van der Waals surface area contributed by atoms with Gasteiger partial charge >= 0.3 is 0 Å². The van der Waals surface area contributed by atoms with Crippen LogP contribution in [0.4, 0.5) is 0 Å². The number of hydrogen-bond donors (Lipinski definition) is 1. The van der Waals surface area contributed by atoms with Gasteiger partial charge in [-0.3, -0.25) is 4.18 Å². The normalized spacial score (nSPS) is 21.0. The van der Waals surface area contributed by atoms with Gasteiger partial charge in [0.1, 0.15) is 13.1 Å². The van der Waals surface area contributed by atoms with Gasteiger partial charge in [-0.15, -0.1) is 17.8 Å². The highest BCUT2D eigenvalue weighted by Gasteiger charge is 2.35. The third-order valence-corrected chi connectivity index (χ3v) is 3.15. The summed E-state index contributed by atoms with van der Waals surface area (Å²) in [4.78, 5) is 4.34. The summed E-state index contributed by atoms with van der Waals surface area (Å²) in [6.07, 6.45) is 0.921. The fourth-order valence-electron chi connectivity index (χ4n) is 1.69. The minimum atomic E-state index is -4.42. The number of likely N-dealkylation sites (N-methyl/N-ethyl adjacent to an activating group) is 1. The van der Waals surface area contributed by atoms with Gasteiger partial charge in [0.25, 0.3) is 0 Å².